The Labute approximate surface area is 122 Å². The van der Waals surface area contributed by atoms with Gasteiger partial charge in [0, 0.05) is 19.4 Å². The maximum absolute atomic E-state index is 11.8. The second-order valence-electron chi connectivity index (χ2n) is 4.57. The van der Waals surface area contributed by atoms with Crippen LogP contribution < -0.4 is 0 Å². The fourth-order valence-electron chi connectivity index (χ4n) is 1.63. The number of rotatable bonds is 1. The third-order valence-corrected chi connectivity index (χ3v) is 3.38. The number of phenolic OH excluding ortho intramolecular Hbond substituents is 2. The Balaban J connectivity index is 2.49. The van der Waals surface area contributed by atoms with E-state index in [9.17, 15) is 19.8 Å². The van der Waals surface area contributed by atoms with Crippen LogP contribution in [-0.4, -0.2) is 27.9 Å². The topological polar surface area (TPSA) is 93.1 Å². The first-order valence-corrected chi connectivity index (χ1v) is 6.39. The second-order valence-corrected chi connectivity index (χ2v) is 5.36. The predicted octanol–water partition coefficient (Wildman–Crippen LogP) is 2.08. The van der Waals surface area contributed by atoms with E-state index >= 15 is 0 Å². The first-order chi connectivity index (χ1) is 9.21. The monoisotopic (exact) mass is 342 g/mol. The molecule has 1 fully saturated rings. The molecule has 1 saturated heterocycles. The van der Waals surface area contributed by atoms with Crippen LogP contribution in [0.4, 0.5) is 0 Å². The van der Waals surface area contributed by atoms with Gasteiger partial charge in [0.05, 0.1) is 4.47 Å². The van der Waals surface area contributed by atoms with Gasteiger partial charge in [0.2, 0.25) is 0 Å². The molecular weight excluding hydrogens is 332 g/mol. The summed E-state index contributed by atoms with van der Waals surface area (Å²) in [7, 11) is 0. The normalized spacial score (nSPS) is 17.4. The van der Waals surface area contributed by atoms with Gasteiger partial charge >= 0.3 is 11.9 Å². The van der Waals surface area contributed by atoms with Gasteiger partial charge in [-0.1, -0.05) is 0 Å². The molecule has 0 spiro atoms. The maximum atomic E-state index is 11.8. The molecule has 0 unspecified atom stereocenters. The molecule has 1 aliphatic rings. The smallest absolute Gasteiger partial charge is 0.348 e. The number of ether oxygens (including phenoxy) is 2. The average Bonchev–Trinajstić information content (AvgIpc) is 2.31. The highest BCUT2D eigenvalue weighted by atomic mass is 79.9. The van der Waals surface area contributed by atoms with E-state index in [0.717, 1.165) is 6.08 Å². The van der Waals surface area contributed by atoms with E-state index in [0.29, 0.717) is 0 Å². The highest BCUT2D eigenvalue weighted by Crippen LogP contribution is 2.36. The summed E-state index contributed by atoms with van der Waals surface area (Å²) in [6.45, 7) is 2.86. The molecule has 0 bridgehead atoms. The van der Waals surface area contributed by atoms with Crippen LogP contribution in [0.15, 0.2) is 22.2 Å². The largest absolute Gasteiger partial charge is 0.507 e. The molecule has 1 aliphatic heterocycles. The van der Waals surface area contributed by atoms with E-state index in [1.165, 1.54) is 26.0 Å². The van der Waals surface area contributed by atoms with Gasteiger partial charge in [0.1, 0.15) is 17.1 Å². The van der Waals surface area contributed by atoms with Crippen molar-refractivity contribution < 1.29 is 29.3 Å². The Kier molecular flexibility index (Phi) is 3.47. The van der Waals surface area contributed by atoms with Gasteiger partial charge in [0.15, 0.2) is 0 Å². The van der Waals surface area contributed by atoms with Crippen LogP contribution >= 0.6 is 15.9 Å². The minimum atomic E-state index is -1.33. The van der Waals surface area contributed by atoms with Crippen molar-refractivity contribution in [2.24, 2.45) is 0 Å². The van der Waals surface area contributed by atoms with E-state index < -0.39 is 17.7 Å². The summed E-state index contributed by atoms with van der Waals surface area (Å²) in [4.78, 5) is 23.6. The van der Waals surface area contributed by atoms with Crippen LogP contribution in [0, 0.1) is 0 Å². The first-order valence-electron chi connectivity index (χ1n) is 5.60. The van der Waals surface area contributed by atoms with Gasteiger partial charge in [-0.2, -0.15) is 0 Å². The van der Waals surface area contributed by atoms with Crippen molar-refractivity contribution in [2.75, 3.05) is 0 Å². The summed E-state index contributed by atoms with van der Waals surface area (Å²) in [6.07, 6.45) is 1.10. The quantitative estimate of drug-likeness (QED) is 0.351. The molecule has 1 aromatic carbocycles. The minimum Gasteiger partial charge on any atom is -0.507 e. The van der Waals surface area contributed by atoms with Gasteiger partial charge in [0.25, 0.3) is 5.79 Å². The summed E-state index contributed by atoms with van der Waals surface area (Å²) >= 11 is 3.06. The Morgan fingerprint density at radius 2 is 1.60 bits per heavy atom. The molecule has 1 aromatic rings. The van der Waals surface area contributed by atoms with Crippen molar-refractivity contribution in [2.45, 2.75) is 19.6 Å². The van der Waals surface area contributed by atoms with Crippen molar-refractivity contribution in [3.63, 3.8) is 0 Å². The number of carbonyl (C=O) groups is 2. The van der Waals surface area contributed by atoms with E-state index in [4.69, 9.17) is 9.47 Å². The SMILES string of the molecule is CC1(C)OC(=O)C(=Cc2c(O)ccc(O)c2Br)C(=O)O1. The number of esters is 2. The van der Waals surface area contributed by atoms with Crippen molar-refractivity contribution in [1.29, 1.82) is 0 Å². The molecule has 1 heterocycles. The summed E-state index contributed by atoms with van der Waals surface area (Å²) in [6, 6.07) is 2.50. The van der Waals surface area contributed by atoms with Crippen LogP contribution in [0.1, 0.15) is 19.4 Å². The van der Waals surface area contributed by atoms with E-state index in [1.54, 1.807) is 0 Å². The molecule has 6 nitrogen and oxygen atoms in total. The number of hydrogen-bond donors (Lipinski definition) is 2. The lowest BCUT2D eigenvalue weighted by molar-refractivity contribution is -0.222. The summed E-state index contributed by atoms with van der Waals surface area (Å²) < 4.78 is 10.0. The molecule has 0 aliphatic carbocycles. The number of halogens is 1. The lowest BCUT2D eigenvalue weighted by Gasteiger charge is -2.29. The molecule has 0 radical (unpaired) electrons. The Morgan fingerprint density at radius 1 is 1.10 bits per heavy atom. The number of benzene rings is 1. The van der Waals surface area contributed by atoms with Crippen molar-refractivity contribution in [1.82, 2.24) is 0 Å². The second kappa shape index (κ2) is 4.82. The van der Waals surface area contributed by atoms with Gasteiger partial charge in [-0.25, -0.2) is 9.59 Å². The standard InChI is InChI=1S/C13H11BrO6/c1-13(2)19-11(17)7(12(18)20-13)5-6-8(15)3-4-9(16)10(6)14/h3-5,15-16H,1-2H3. The lowest BCUT2D eigenvalue weighted by Crippen LogP contribution is -2.41. The number of hydrogen-bond acceptors (Lipinski definition) is 6. The molecule has 20 heavy (non-hydrogen) atoms. The molecule has 7 heteroatoms. The third-order valence-electron chi connectivity index (χ3n) is 2.54. The van der Waals surface area contributed by atoms with Crippen LogP contribution in [0.2, 0.25) is 0 Å². The number of carbonyl (C=O) groups excluding carboxylic acids is 2. The zero-order chi connectivity index (χ0) is 15.1. The third kappa shape index (κ3) is 2.62. The molecule has 0 saturated carbocycles. The molecule has 0 atom stereocenters. The maximum Gasteiger partial charge on any atom is 0.348 e. The summed E-state index contributed by atoms with van der Waals surface area (Å²) in [5.41, 5.74) is -0.292. The molecular formula is C13H11BrO6. The molecule has 106 valence electrons. The Hall–Kier alpha value is -2.02. The van der Waals surface area contributed by atoms with Crippen LogP contribution in [0.5, 0.6) is 11.5 Å². The highest BCUT2D eigenvalue weighted by Gasteiger charge is 2.39. The molecule has 2 N–H and O–H groups in total. The fraction of sp³-hybridized carbons (Fsp3) is 0.231. The Bertz CT molecular complexity index is 610. The van der Waals surface area contributed by atoms with Gasteiger partial charge in [-0.3, -0.25) is 0 Å². The predicted molar refractivity (Wildman–Crippen MR) is 71.7 cm³/mol. The van der Waals surface area contributed by atoms with E-state index in [2.05, 4.69) is 15.9 Å². The molecule has 0 amide bonds. The van der Waals surface area contributed by atoms with Crippen LogP contribution in [0.25, 0.3) is 6.08 Å². The van der Waals surface area contributed by atoms with E-state index in [1.807, 2.05) is 0 Å². The van der Waals surface area contributed by atoms with E-state index in [-0.39, 0.29) is 27.1 Å². The first kappa shape index (κ1) is 14.4. The van der Waals surface area contributed by atoms with Gasteiger partial charge in [-0.05, 0) is 34.1 Å². The zero-order valence-corrected chi connectivity index (χ0v) is 12.2. The molecule has 2 rings (SSSR count). The Morgan fingerprint density at radius 3 is 2.15 bits per heavy atom. The lowest BCUT2D eigenvalue weighted by atomic mass is 10.1. The van der Waals surface area contributed by atoms with Crippen molar-refractivity contribution in [3.05, 3.63) is 27.7 Å². The zero-order valence-electron chi connectivity index (χ0n) is 10.6. The number of phenols is 2. The van der Waals surface area contributed by atoms with Gasteiger partial charge < -0.3 is 19.7 Å². The van der Waals surface area contributed by atoms with Crippen molar-refractivity contribution >= 4 is 33.9 Å². The highest BCUT2D eigenvalue weighted by molar-refractivity contribution is 9.10. The van der Waals surface area contributed by atoms with Gasteiger partial charge in [-0.15, -0.1) is 0 Å². The van der Waals surface area contributed by atoms with Crippen LogP contribution in [-0.2, 0) is 19.1 Å². The number of aromatic hydroxyl groups is 2. The summed E-state index contributed by atoms with van der Waals surface area (Å²) in [5.74, 6) is -3.41. The van der Waals surface area contributed by atoms with Crippen LogP contribution in [0.3, 0.4) is 0 Å². The average molecular weight is 343 g/mol. The minimum absolute atomic E-state index is 0.0774. The summed E-state index contributed by atoms with van der Waals surface area (Å²) in [5, 5.41) is 19.3. The fourth-order valence-corrected chi connectivity index (χ4v) is 2.08. The van der Waals surface area contributed by atoms with Crippen molar-refractivity contribution in [3.8, 4) is 11.5 Å². The molecule has 0 aromatic heterocycles. The number of cyclic esters (lactones) is 2.